The minimum Gasteiger partial charge on any atom is -0.480 e. The quantitative estimate of drug-likeness (QED) is 0.472. The molecule has 1 aliphatic rings. The zero-order valence-electron chi connectivity index (χ0n) is 15.8. The van der Waals surface area contributed by atoms with Gasteiger partial charge in [0, 0.05) is 15.8 Å². The summed E-state index contributed by atoms with van der Waals surface area (Å²) in [5.74, 6) is -3.12. The SMILES string of the molecule is O=C(O)c1cccc([C@@H]2C[C@@]2(NS(=O)(=O)c2ccc(-c3ccc(Cl)cc3)s2)C(=O)O)c1. The summed E-state index contributed by atoms with van der Waals surface area (Å²) in [5.41, 5.74) is -0.463. The summed E-state index contributed by atoms with van der Waals surface area (Å²) in [7, 11) is -4.12. The van der Waals surface area contributed by atoms with E-state index >= 15 is 0 Å². The van der Waals surface area contributed by atoms with E-state index in [1.165, 1.54) is 24.3 Å². The van der Waals surface area contributed by atoms with Crippen LogP contribution in [-0.2, 0) is 14.8 Å². The number of sulfonamides is 1. The number of nitrogens with one attached hydrogen (secondary N) is 1. The Morgan fingerprint density at radius 3 is 2.42 bits per heavy atom. The number of aliphatic carboxylic acids is 1. The summed E-state index contributed by atoms with van der Waals surface area (Å²) < 4.78 is 28.3. The lowest BCUT2D eigenvalue weighted by molar-refractivity contribution is -0.140. The lowest BCUT2D eigenvalue weighted by Gasteiger charge is -2.15. The normalized spacial score (nSPS) is 20.4. The van der Waals surface area contributed by atoms with Crippen molar-refractivity contribution in [2.75, 3.05) is 0 Å². The van der Waals surface area contributed by atoms with Crippen LogP contribution in [0.15, 0.2) is 64.9 Å². The van der Waals surface area contributed by atoms with Gasteiger partial charge in [0.15, 0.2) is 0 Å². The van der Waals surface area contributed by atoms with Gasteiger partial charge in [0.05, 0.1) is 5.56 Å². The van der Waals surface area contributed by atoms with Gasteiger partial charge in [-0.05, 0) is 53.9 Å². The molecule has 10 heteroatoms. The van der Waals surface area contributed by atoms with E-state index in [0.717, 1.165) is 16.9 Å². The molecule has 1 aliphatic carbocycles. The smallest absolute Gasteiger partial charge is 0.335 e. The van der Waals surface area contributed by atoms with Crippen LogP contribution in [0.3, 0.4) is 0 Å². The molecule has 4 rings (SSSR count). The number of rotatable bonds is 7. The van der Waals surface area contributed by atoms with Crippen LogP contribution in [0.5, 0.6) is 0 Å². The fourth-order valence-electron chi connectivity index (χ4n) is 3.47. The van der Waals surface area contributed by atoms with Gasteiger partial charge in [-0.25, -0.2) is 13.2 Å². The molecule has 7 nitrogen and oxygen atoms in total. The summed E-state index contributed by atoms with van der Waals surface area (Å²) in [6.07, 6.45) is 0.0278. The number of hydrogen-bond donors (Lipinski definition) is 3. The Morgan fingerprint density at radius 1 is 1.06 bits per heavy atom. The molecule has 31 heavy (non-hydrogen) atoms. The third kappa shape index (κ3) is 4.09. The molecule has 0 unspecified atom stereocenters. The number of carboxylic acid groups (broad SMARTS) is 2. The highest BCUT2D eigenvalue weighted by Crippen LogP contribution is 2.52. The number of hydrogen-bond acceptors (Lipinski definition) is 5. The van der Waals surface area contributed by atoms with Crippen molar-refractivity contribution in [1.29, 1.82) is 0 Å². The molecule has 160 valence electrons. The van der Waals surface area contributed by atoms with Gasteiger partial charge >= 0.3 is 11.9 Å². The van der Waals surface area contributed by atoms with E-state index in [4.69, 9.17) is 16.7 Å². The maximum atomic E-state index is 13.0. The number of carbonyl (C=O) groups is 2. The molecule has 0 amide bonds. The van der Waals surface area contributed by atoms with E-state index in [0.29, 0.717) is 15.5 Å². The zero-order valence-corrected chi connectivity index (χ0v) is 18.2. The van der Waals surface area contributed by atoms with Crippen molar-refractivity contribution in [2.45, 2.75) is 22.1 Å². The van der Waals surface area contributed by atoms with Crippen molar-refractivity contribution in [3.63, 3.8) is 0 Å². The molecule has 3 N–H and O–H groups in total. The number of thiophene rings is 1. The average Bonchev–Trinajstić information content (AvgIpc) is 3.22. The van der Waals surface area contributed by atoms with Gasteiger partial charge in [0.25, 0.3) is 10.0 Å². The molecule has 0 saturated heterocycles. The molecule has 2 aromatic carbocycles. The van der Waals surface area contributed by atoms with Gasteiger partial charge < -0.3 is 10.2 Å². The first-order chi connectivity index (χ1) is 14.6. The zero-order chi connectivity index (χ0) is 22.4. The predicted molar refractivity (Wildman–Crippen MR) is 116 cm³/mol. The first kappa shape index (κ1) is 21.5. The van der Waals surface area contributed by atoms with Crippen LogP contribution in [0.1, 0.15) is 28.3 Å². The molecular formula is C21H16ClNO6S2. The van der Waals surface area contributed by atoms with Crippen molar-refractivity contribution < 1.29 is 28.2 Å². The van der Waals surface area contributed by atoms with Crippen LogP contribution in [0, 0.1) is 0 Å². The van der Waals surface area contributed by atoms with E-state index in [9.17, 15) is 23.1 Å². The second-order valence-electron chi connectivity index (χ2n) is 7.19. The molecule has 2 atom stereocenters. The van der Waals surface area contributed by atoms with Gasteiger partial charge in [0.1, 0.15) is 9.75 Å². The Hall–Kier alpha value is -2.72. The van der Waals surface area contributed by atoms with E-state index in [1.807, 2.05) is 0 Å². The molecular weight excluding hydrogens is 462 g/mol. The Kier molecular flexibility index (Phi) is 5.38. The summed E-state index contributed by atoms with van der Waals surface area (Å²) in [4.78, 5) is 23.9. The van der Waals surface area contributed by atoms with Crippen molar-refractivity contribution in [2.24, 2.45) is 0 Å². The van der Waals surface area contributed by atoms with Crippen molar-refractivity contribution in [3.8, 4) is 10.4 Å². The molecule has 0 aliphatic heterocycles. The lowest BCUT2D eigenvalue weighted by atomic mass is 10.0. The second kappa shape index (κ2) is 7.76. The average molecular weight is 478 g/mol. The van der Waals surface area contributed by atoms with E-state index in [2.05, 4.69) is 4.72 Å². The van der Waals surface area contributed by atoms with E-state index in [1.54, 1.807) is 36.4 Å². The summed E-state index contributed by atoms with van der Waals surface area (Å²) >= 11 is 6.90. The fourth-order valence-corrected chi connectivity index (χ4v) is 6.31. The molecule has 1 aromatic heterocycles. The monoisotopic (exact) mass is 477 g/mol. The highest BCUT2D eigenvalue weighted by atomic mass is 35.5. The van der Waals surface area contributed by atoms with Crippen molar-refractivity contribution in [3.05, 3.63) is 76.8 Å². The van der Waals surface area contributed by atoms with E-state index in [-0.39, 0.29) is 16.2 Å². The Bertz CT molecular complexity index is 1290. The minimum atomic E-state index is -4.12. The Labute approximate surface area is 187 Å². The highest BCUT2D eigenvalue weighted by molar-refractivity contribution is 7.91. The van der Waals surface area contributed by atoms with Gasteiger partial charge in [-0.15, -0.1) is 11.3 Å². The van der Waals surface area contributed by atoms with Gasteiger partial charge in [-0.2, -0.15) is 4.72 Å². The first-order valence-electron chi connectivity index (χ1n) is 9.09. The standard InChI is InChI=1S/C21H16ClNO6S2/c22-15-6-4-12(5-7-15)17-8-9-18(30-17)31(28,29)23-21(20(26)27)11-16(21)13-2-1-3-14(10-13)19(24)25/h1-10,16,23H,11H2,(H,24,25)(H,26,27)/t16-,21-/m0/s1. The Balaban J connectivity index is 1.61. The minimum absolute atomic E-state index is 0.0111. The number of carboxylic acids is 2. The molecule has 1 heterocycles. The van der Waals surface area contributed by atoms with Crippen LogP contribution in [0.4, 0.5) is 0 Å². The van der Waals surface area contributed by atoms with Crippen LogP contribution in [-0.4, -0.2) is 36.1 Å². The van der Waals surface area contributed by atoms with Crippen LogP contribution >= 0.6 is 22.9 Å². The molecule has 0 bridgehead atoms. The van der Waals surface area contributed by atoms with Crippen LogP contribution < -0.4 is 4.72 Å². The number of aromatic carboxylic acids is 1. The summed E-state index contributed by atoms with van der Waals surface area (Å²) in [6, 6.07) is 15.9. The molecule has 1 saturated carbocycles. The predicted octanol–water partition coefficient (Wildman–Crippen LogP) is 4.06. The van der Waals surface area contributed by atoms with Crippen LogP contribution in [0.25, 0.3) is 10.4 Å². The first-order valence-corrected chi connectivity index (χ1v) is 11.8. The number of benzene rings is 2. The highest BCUT2D eigenvalue weighted by Gasteiger charge is 2.63. The third-order valence-corrected chi connectivity index (χ3v) is 8.56. The van der Waals surface area contributed by atoms with Gasteiger partial charge in [0.2, 0.25) is 0 Å². The van der Waals surface area contributed by atoms with E-state index < -0.39 is 33.4 Å². The Morgan fingerprint density at radius 2 is 1.77 bits per heavy atom. The van der Waals surface area contributed by atoms with Crippen LogP contribution in [0.2, 0.25) is 5.02 Å². The maximum absolute atomic E-state index is 13.0. The number of halogens is 1. The third-order valence-electron chi connectivity index (χ3n) is 5.17. The van der Waals surface area contributed by atoms with Gasteiger partial charge in [-0.3, -0.25) is 4.79 Å². The lowest BCUT2D eigenvalue weighted by Crippen LogP contribution is -2.44. The van der Waals surface area contributed by atoms with Crippen molar-refractivity contribution >= 4 is 44.9 Å². The van der Waals surface area contributed by atoms with Crippen molar-refractivity contribution in [1.82, 2.24) is 4.72 Å². The molecule has 0 spiro atoms. The summed E-state index contributed by atoms with van der Waals surface area (Å²) in [5, 5.41) is 19.5. The summed E-state index contributed by atoms with van der Waals surface area (Å²) in [6.45, 7) is 0. The second-order valence-corrected chi connectivity index (χ2v) is 10.6. The maximum Gasteiger partial charge on any atom is 0.335 e. The molecule has 0 radical (unpaired) electrons. The molecule has 1 fully saturated rings. The topological polar surface area (TPSA) is 121 Å². The van der Waals surface area contributed by atoms with Gasteiger partial charge in [-0.1, -0.05) is 35.9 Å². The molecule has 3 aromatic rings. The largest absolute Gasteiger partial charge is 0.480 e. The fraction of sp³-hybridized carbons (Fsp3) is 0.143.